The number of nitro groups is 2. The monoisotopic (exact) mass is 584 g/mol. The van der Waals surface area contributed by atoms with Crippen molar-refractivity contribution in [3.8, 4) is 35.1 Å². The van der Waals surface area contributed by atoms with Crippen LogP contribution in [0, 0.1) is 42.9 Å². The number of rotatable bonds is 6. The van der Waals surface area contributed by atoms with Crippen molar-refractivity contribution in [3.05, 3.63) is 116 Å². The summed E-state index contributed by atoms with van der Waals surface area (Å²) in [6, 6.07) is 18.5. The first-order valence-corrected chi connectivity index (χ1v) is 11.7. The van der Waals surface area contributed by atoms with E-state index >= 15 is 0 Å². The minimum Gasteiger partial charge on any atom is -0.504 e. The maximum absolute atomic E-state index is 10.8. The standard InChI is InChI=1S/C14H9N3O4.C7H6N2.C7H5NO5/c15-8-10(11-3-1-2-4-16-11)5-9-6-12(17(20)21)14(19)13(18)7-9;8-5-4-7-3-1-2-6-9-7;9-3-4-1-5(8(12)13)7(11)6(10)2-4/h1-7,18-19H;1-3,6H,4H2;1-3,10-11H/b10-5+;;. The molecule has 0 saturated heterocycles. The largest absolute Gasteiger partial charge is 0.504 e. The molecule has 216 valence electrons. The fourth-order valence-corrected chi connectivity index (χ4v) is 3.12. The summed E-state index contributed by atoms with van der Waals surface area (Å²) in [5.74, 6) is -2.96. The zero-order valence-electron chi connectivity index (χ0n) is 21.8. The number of nitriles is 2. The number of aldehydes is 1. The van der Waals surface area contributed by atoms with Gasteiger partial charge in [-0.1, -0.05) is 12.1 Å². The van der Waals surface area contributed by atoms with Gasteiger partial charge in [0.05, 0.1) is 39.3 Å². The van der Waals surface area contributed by atoms with Crippen LogP contribution in [0.4, 0.5) is 11.4 Å². The molecule has 0 bridgehead atoms. The second-order valence-electron chi connectivity index (χ2n) is 7.99. The van der Waals surface area contributed by atoms with Crippen molar-refractivity contribution < 1.29 is 35.1 Å². The highest BCUT2D eigenvalue weighted by molar-refractivity contribution is 5.89. The molecular weight excluding hydrogens is 564 g/mol. The van der Waals surface area contributed by atoms with Crippen LogP contribution in [0.15, 0.2) is 73.1 Å². The minimum absolute atomic E-state index is 0.0676. The fourth-order valence-electron chi connectivity index (χ4n) is 3.12. The minimum atomic E-state index is -0.887. The van der Waals surface area contributed by atoms with Crippen LogP contribution in [0.2, 0.25) is 0 Å². The van der Waals surface area contributed by atoms with Crippen LogP contribution in [0.25, 0.3) is 11.6 Å². The van der Waals surface area contributed by atoms with Gasteiger partial charge in [0.2, 0.25) is 11.5 Å². The molecule has 0 radical (unpaired) electrons. The zero-order valence-corrected chi connectivity index (χ0v) is 21.8. The number of carbonyl (C=O) groups excluding carboxylic acids is 1. The number of phenols is 4. The molecule has 2 aromatic carbocycles. The number of hydrogen-bond acceptors (Lipinski definition) is 13. The van der Waals surface area contributed by atoms with Crippen LogP contribution in [0.1, 0.15) is 27.3 Å². The highest BCUT2D eigenvalue weighted by Gasteiger charge is 2.19. The maximum atomic E-state index is 10.8. The molecule has 0 aliphatic rings. The molecule has 2 aromatic heterocycles. The molecule has 4 N–H and O–H groups in total. The van der Waals surface area contributed by atoms with Crippen molar-refractivity contribution in [3.63, 3.8) is 0 Å². The van der Waals surface area contributed by atoms with E-state index in [0.29, 0.717) is 18.4 Å². The molecule has 2 heterocycles. The summed E-state index contributed by atoms with van der Waals surface area (Å²) in [6.45, 7) is 0. The molecule has 0 unspecified atom stereocenters. The first-order valence-electron chi connectivity index (χ1n) is 11.7. The summed E-state index contributed by atoms with van der Waals surface area (Å²) >= 11 is 0. The molecule has 4 aromatic rings. The predicted octanol–water partition coefficient (Wildman–Crippen LogP) is 4.43. The Balaban J connectivity index is 0.000000249. The smallest absolute Gasteiger partial charge is 0.315 e. The molecule has 0 fully saturated rings. The van der Waals surface area contributed by atoms with Crippen LogP contribution < -0.4 is 0 Å². The lowest BCUT2D eigenvalue weighted by Crippen LogP contribution is -1.91. The normalized spacial score (nSPS) is 9.95. The lowest BCUT2D eigenvalue weighted by molar-refractivity contribution is -0.386. The predicted molar refractivity (Wildman–Crippen MR) is 150 cm³/mol. The van der Waals surface area contributed by atoms with Crippen molar-refractivity contribution in [2.45, 2.75) is 6.42 Å². The molecule has 0 aliphatic heterocycles. The van der Waals surface area contributed by atoms with Crippen LogP contribution in [0.5, 0.6) is 23.0 Å². The van der Waals surface area contributed by atoms with Gasteiger partial charge < -0.3 is 20.4 Å². The quantitative estimate of drug-likeness (QED) is 0.0804. The number of aromatic nitrogens is 2. The highest BCUT2D eigenvalue weighted by Crippen LogP contribution is 2.37. The third-order valence-corrected chi connectivity index (χ3v) is 5.07. The molecule has 15 heteroatoms. The van der Waals surface area contributed by atoms with Gasteiger partial charge in [-0.3, -0.25) is 35.0 Å². The first-order chi connectivity index (χ1) is 20.5. The average Bonchev–Trinajstić information content (AvgIpc) is 3.00. The Hall–Kier alpha value is -6.87. The molecule has 0 atom stereocenters. The van der Waals surface area contributed by atoms with E-state index < -0.39 is 44.2 Å². The highest BCUT2D eigenvalue weighted by atomic mass is 16.6. The molecule has 43 heavy (non-hydrogen) atoms. The Labute approximate surface area is 242 Å². The topological polar surface area (TPSA) is 258 Å². The molecule has 0 aliphatic carbocycles. The lowest BCUT2D eigenvalue weighted by Gasteiger charge is -2.02. The number of benzene rings is 2. The van der Waals surface area contributed by atoms with E-state index in [1.54, 1.807) is 24.4 Å². The summed E-state index contributed by atoms with van der Waals surface area (Å²) in [4.78, 5) is 37.5. The SMILES string of the molecule is N#C/C(=C\c1cc(O)c(O)c([N+](=O)[O-])c1)c1ccccn1.N#CCc1ccccn1.O=Cc1cc(O)c(O)c([N+](=O)[O-])c1. The molecule has 15 nitrogen and oxygen atoms in total. The van der Waals surface area contributed by atoms with Crippen LogP contribution in [-0.4, -0.2) is 46.5 Å². The number of nitrogens with zero attached hydrogens (tertiary/aromatic N) is 6. The van der Waals surface area contributed by atoms with Gasteiger partial charge in [0.1, 0.15) is 12.4 Å². The zero-order chi connectivity index (χ0) is 31.9. The Morgan fingerprint density at radius 1 is 0.814 bits per heavy atom. The average molecular weight is 585 g/mol. The van der Waals surface area contributed by atoms with Gasteiger partial charge in [0, 0.05) is 30.1 Å². The van der Waals surface area contributed by atoms with Crippen molar-refractivity contribution in [2.24, 2.45) is 0 Å². The van der Waals surface area contributed by atoms with Gasteiger partial charge in [-0.05, 0) is 48.0 Å². The number of allylic oxidation sites excluding steroid dienone is 1. The van der Waals surface area contributed by atoms with Crippen molar-refractivity contribution in [1.29, 1.82) is 10.5 Å². The third kappa shape index (κ3) is 9.38. The molecule has 4 rings (SSSR count). The Kier molecular flexibility index (Phi) is 11.8. The van der Waals surface area contributed by atoms with Crippen LogP contribution >= 0.6 is 0 Å². The van der Waals surface area contributed by atoms with E-state index in [0.717, 1.165) is 30.0 Å². The van der Waals surface area contributed by atoms with Gasteiger partial charge in [-0.15, -0.1) is 0 Å². The molecule has 0 saturated carbocycles. The molecule has 0 spiro atoms. The summed E-state index contributed by atoms with van der Waals surface area (Å²) in [7, 11) is 0. The Morgan fingerprint density at radius 2 is 1.35 bits per heavy atom. The van der Waals surface area contributed by atoms with Crippen LogP contribution in [-0.2, 0) is 6.42 Å². The lowest BCUT2D eigenvalue weighted by atomic mass is 10.1. The molecular formula is C28H20N6O9. The van der Waals surface area contributed by atoms with Gasteiger partial charge in [0.15, 0.2) is 11.5 Å². The summed E-state index contributed by atoms with van der Waals surface area (Å²) in [5, 5.41) is 75.3. The summed E-state index contributed by atoms with van der Waals surface area (Å²) in [5.41, 5.74) is 0.216. The summed E-state index contributed by atoms with van der Waals surface area (Å²) < 4.78 is 0. The third-order valence-electron chi connectivity index (χ3n) is 5.07. The number of nitro benzene ring substituents is 2. The molecule has 0 amide bonds. The first kappa shape index (κ1) is 32.3. The summed E-state index contributed by atoms with van der Waals surface area (Å²) in [6.07, 6.45) is 5.28. The Morgan fingerprint density at radius 3 is 1.79 bits per heavy atom. The fraction of sp³-hybridized carbons (Fsp3) is 0.0357. The Bertz CT molecular complexity index is 1730. The van der Waals surface area contributed by atoms with Crippen molar-refractivity contribution >= 4 is 29.3 Å². The van der Waals surface area contributed by atoms with Gasteiger partial charge in [-0.2, -0.15) is 10.5 Å². The van der Waals surface area contributed by atoms with E-state index in [-0.39, 0.29) is 16.7 Å². The maximum Gasteiger partial charge on any atom is 0.315 e. The number of carbonyl (C=O) groups is 1. The van der Waals surface area contributed by atoms with E-state index in [1.165, 1.54) is 12.3 Å². The van der Waals surface area contributed by atoms with Crippen molar-refractivity contribution in [2.75, 3.05) is 0 Å². The van der Waals surface area contributed by atoms with Gasteiger partial charge in [0.25, 0.3) is 0 Å². The number of phenolic OH excluding ortho intramolecular Hbond substituents is 4. The second kappa shape index (κ2) is 15.7. The van der Waals surface area contributed by atoms with E-state index in [9.17, 15) is 35.2 Å². The van der Waals surface area contributed by atoms with E-state index in [2.05, 4.69) is 9.97 Å². The second-order valence-corrected chi connectivity index (χ2v) is 7.99. The van der Waals surface area contributed by atoms with Gasteiger partial charge >= 0.3 is 11.4 Å². The van der Waals surface area contributed by atoms with Gasteiger partial charge in [-0.25, -0.2) is 0 Å². The number of aromatic hydroxyl groups is 4. The van der Waals surface area contributed by atoms with Crippen LogP contribution in [0.3, 0.4) is 0 Å². The van der Waals surface area contributed by atoms with E-state index in [1.807, 2.05) is 30.3 Å². The van der Waals surface area contributed by atoms with Crippen molar-refractivity contribution in [1.82, 2.24) is 9.97 Å². The number of pyridine rings is 2. The number of hydrogen-bond donors (Lipinski definition) is 4. The van der Waals surface area contributed by atoms with E-state index in [4.69, 9.17) is 20.7 Å².